The number of aliphatic hydroxyl groups excluding tert-OH is 7. The summed E-state index contributed by atoms with van der Waals surface area (Å²) in [6.45, 7) is 1.02. The predicted molar refractivity (Wildman–Crippen MR) is 112 cm³/mol. The summed E-state index contributed by atoms with van der Waals surface area (Å²) in [6, 6.07) is 0. The summed E-state index contributed by atoms with van der Waals surface area (Å²) in [5, 5.41) is 70.0. The summed E-state index contributed by atoms with van der Waals surface area (Å²) >= 11 is 1.36. The van der Waals surface area contributed by atoms with E-state index in [2.05, 4.69) is 6.92 Å². The van der Waals surface area contributed by atoms with Crippen LogP contribution in [0.1, 0.15) is 45.4 Å². The standard InChI is InChI=1S/C20H38O10S/c1-2-3-4-5-6-7-8-31-20-17(27)15(25)18(12(10-22)29-20)30-19-16(26)14(24)13(23)11(9-21)28-19/h11-27H,2-10H2,1H3/t11-,12-,13-,14+,15-,16-,17-,18-,19-,20-/m0/s1. The van der Waals surface area contributed by atoms with Gasteiger partial charge in [-0.05, 0) is 12.2 Å². The Balaban J connectivity index is 1.90. The third-order valence-electron chi connectivity index (χ3n) is 5.74. The van der Waals surface area contributed by atoms with Crippen molar-refractivity contribution in [3.05, 3.63) is 0 Å². The first-order valence-electron chi connectivity index (χ1n) is 11.1. The van der Waals surface area contributed by atoms with Crippen molar-refractivity contribution in [2.24, 2.45) is 0 Å². The number of ether oxygens (including phenoxy) is 3. The molecule has 0 aromatic heterocycles. The van der Waals surface area contributed by atoms with E-state index in [1.807, 2.05) is 0 Å². The van der Waals surface area contributed by atoms with Crippen LogP contribution < -0.4 is 0 Å². The van der Waals surface area contributed by atoms with Gasteiger partial charge in [-0.2, -0.15) is 0 Å². The first-order chi connectivity index (χ1) is 14.8. The molecule has 2 aliphatic rings. The van der Waals surface area contributed by atoms with Crippen LogP contribution >= 0.6 is 11.8 Å². The molecule has 2 rings (SSSR count). The Morgan fingerprint density at radius 1 is 0.710 bits per heavy atom. The fourth-order valence-electron chi connectivity index (χ4n) is 3.77. The van der Waals surface area contributed by atoms with Gasteiger partial charge in [-0.1, -0.05) is 39.0 Å². The zero-order valence-electron chi connectivity index (χ0n) is 17.9. The third-order valence-corrected chi connectivity index (χ3v) is 6.98. The van der Waals surface area contributed by atoms with E-state index >= 15 is 0 Å². The topological polar surface area (TPSA) is 169 Å². The first kappa shape index (κ1) is 27.2. The number of unbranched alkanes of at least 4 members (excludes halogenated alkanes) is 5. The number of thioether (sulfide) groups is 1. The third kappa shape index (κ3) is 7.21. The van der Waals surface area contributed by atoms with Gasteiger partial charge >= 0.3 is 0 Å². The molecule has 0 aliphatic carbocycles. The lowest BCUT2D eigenvalue weighted by Crippen LogP contribution is -2.64. The monoisotopic (exact) mass is 470 g/mol. The Labute approximate surface area is 187 Å². The molecular formula is C20H38O10S. The lowest BCUT2D eigenvalue weighted by atomic mass is 9.97. The lowest BCUT2D eigenvalue weighted by Gasteiger charge is -2.46. The van der Waals surface area contributed by atoms with E-state index in [0.29, 0.717) is 0 Å². The molecule has 0 bridgehead atoms. The Morgan fingerprint density at radius 2 is 1.35 bits per heavy atom. The largest absolute Gasteiger partial charge is 0.394 e. The van der Waals surface area contributed by atoms with Crippen LogP contribution in [0.2, 0.25) is 0 Å². The van der Waals surface area contributed by atoms with Crippen LogP contribution in [0.4, 0.5) is 0 Å². The van der Waals surface area contributed by atoms with E-state index < -0.39 is 73.8 Å². The summed E-state index contributed by atoms with van der Waals surface area (Å²) in [7, 11) is 0. The Morgan fingerprint density at radius 3 is 2.00 bits per heavy atom. The van der Waals surface area contributed by atoms with Gasteiger partial charge in [0.05, 0.1) is 13.2 Å². The summed E-state index contributed by atoms with van der Waals surface area (Å²) < 4.78 is 16.6. The molecule has 11 heteroatoms. The van der Waals surface area contributed by atoms with Crippen molar-refractivity contribution in [1.29, 1.82) is 0 Å². The van der Waals surface area contributed by atoms with E-state index in [4.69, 9.17) is 14.2 Å². The van der Waals surface area contributed by atoms with Gasteiger partial charge in [0, 0.05) is 0 Å². The molecule has 184 valence electrons. The van der Waals surface area contributed by atoms with Crippen molar-refractivity contribution >= 4 is 11.8 Å². The number of aliphatic hydroxyl groups is 7. The van der Waals surface area contributed by atoms with Crippen LogP contribution in [0.5, 0.6) is 0 Å². The maximum Gasteiger partial charge on any atom is 0.187 e. The van der Waals surface area contributed by atoms with Gasteiger partial charge in [0.25, 0.3) is 0 Å². The summed E-state index contributed by atoms with van der Waals surface area (Å²) in [5.41, 5.74) is -0.752. The van der Waals surface area contributed by atoms with Crippen molar-refractivity contribution in [3.63, 3.8) is 0 Å². The van der Waals surface area contributed by atoms with Crippen molar-refractivity contribution in [2.75, 3.05) is 19.0 Å². The molecule has 2 aliphatic heterocycles. The summed E-state index contributed by atoms with van der Waals surface area (Å²) in [4.78, 5) is 0. The summed E-state index contributed by atoms with van der Waals surface area (Å²) in [6.07, 6.45) is -5.77. The molecular weight excluding hydrogens is 432 g/mol. The van der Waals surface area contributed by atoms with Crippen LogP contribution in [0.3, 0.4) is 0 Å². The maximum atomic E-state index is 10.6. The minimum absolute atomic E-state index is 0.514. The van der Waals surface area contributed by atoms with Crippen LogP contribution in [0.25, 0.3) is 0 Å². The van der Waals surface area contributed by atoms with Crippen LogP contribution in [0, 0.1) is 0 Å². The highest BCUT2D eigenvalue weighted by Crippen LogP contribution is 2.33. The Kier molecular flexibility index (Phi) is 11.9. The number of rotatable bonds is 12. The highest BCUT2D eigenvalue weighted by atomic mass is 32.2. The maximum absolute atomic E-state index is 10.6. The van der Waals surface area contributed by atoms with Gasteiger partial charge in [-0.25, -0.2) is 0 Å². The molecule has 0 amide bonds. The van der Waals surface area contributed by atoms with Gasteiger partial charge < -0.3 is 50.0 Å². The van der Waals surface area contributed by atoms with E-state index in [9.17, 15) is 35.7 Å². The average Bonchev–Trinajstić information content (AvgIpc) is 2.77. The van der Waals surface area contributed by atoms with Gasteiger partial charge in [-0.3, -0.25) is 0 Å². The van der Waals surface area contributed by atoms with Crippen LogP contribution in [-0.2, 0) is 14.2 Å². The van der Waals surface area contributed by atoms with Gasteiger partial charge in [0.1, 0.15) is 54.3 Å². The predicted octanol–water partition coefficient (Wildman–Crippen LogP) is -1.30. The van der Waals surface area contributed by atoms with E-state index in [-0.39, 0.29) is 0 Å². The molecule has 0 saturated carbocycles. The highest BCUT2D eigenvalue weighted by molar-refractivity contribution is 7.99. The second-order valence-corrected chi connectivity index (χ2v) is 9.35. The van der Waals surface area contributed by atoms with Crippen molar-refractivity contribution in [1.82, 2.24) is 0 Å². The smallest absolute Gasteiger partial charge is 0.187 e. The second kappa shape index (κ2) is 13.6. The minimum Gasteiger partial charge on any atom is -0.394 e. The lowest BCUT2D eigenvalue weighted by molar-refractivity contribution is -0.338. The molecule has 0 aromatic carbocycles. The molecule has 10 atom stereocenters. The zero-order valence-corrected chi connectivity index (χ0v) is 18.7. The van der Waals surface area contributed by atoms with E-state index in [0.717, 1.165) is 25.0 Å². The number of hydrogen-bond donors (Lipinski definition) is 7. The molecule has 2 saturated heterocycles. The SMILES string of the molecule is CCCCCCCCS[C@@H]1O[C@@H](CO)[C@H](O[C@@H]2O[C@@H](CO)[C@H](O)[C@@H](O)[C@@H]2O)[C@@H](O)[C@@H]1O. The second-order valence-electron chi connectivity index (χ2n) is 8.14. The fourth-order valence-corrected chi connectivity index (χ4v) is 4.96. The first-order valence-corrected chi connectivity index (χ1v) is 12.1. The molecule has 31 heavy (non-hydrogen) atoms. The van der Waals surface area contributed by atoms with Crippen molar-refractivity contribution < 1.29 is 50.0 Å². The Hall–Kier alpha value is -0.0500. The molecule has 0 aromatic rings. The molecule has 0 radical (unpaired) electrons. The van der Waals surface area contributed by atoms with Crippen LogP contribution in [-0.4, -0.2) is 115 Å². The average molecular weight is 471 g/mol. The Bertz CT molecular complexity index is 497. The molecule has 7 N–H and O–H groups in total. The van der Waals surface area contributed by atoms with Gasteiger partial charge in [-0.15, -0.1) is 11.8 Å². The normalized spacial score (nSPS) is 41.4. The van der Waals surface area contributed by atoms with Crippen molar-refractivity contribution in [2.45, 2.75) is 106 Å². The summed E-state index contributed by atoms with van der Waals surface area (Å²) in [5.74, 6) is 0.733. The van der Waals surface area contributed by atoms with Gasteiger partial charge in [0.2, 0.25) is 0 Å². The molecule has 0 spiro atoms. The van der Waals surface area contributed by atoms with E-state index in [1.54, 1.807) is 0 Å². The zero-order chi connectivity index (χ0) is 23.0. The number of hydrogen-bond acceptors (Lipinski definition) is 11. The van der Waals surface area contributed by atoms with Gasteiger partial charge in [0.15, 0.2) is 6.29 Å². The molecule has 2 fully saturated rings. The minimum atomic E-state index is -1.67. The molecule has 2 heterocycles. The molecule has 0 unspecified atom stereocenters. The molecule has 10 nitrogen and oxygen atoms in total. The fraction of sp³-hybridized carbons (Fsp3) is 1.00. The van der Waals surface area contributed by atoms with E-state index in [1.165, 1.54) is 31.0 Å². The van der Waals surface area contributed by atoms with Crippen LogP contribution in [0.15, 0.2) is 0 Å². The highest BCUT2D eigenvalue weighted by Gasteiger charge is 2.50. The van der Waals surface area contributed by atoms with Crippen molar-refractivity contribution in [3.8, 4) is 0 Å². The quantitative estimate of drug-likeness (QED) is 0.169.